The quantitative estimate of drug-likeness (QED) is 0.345. The van der Waals surface area contributed by atoms with Crippen molar-refractivity contribution < 1.29 is 53.9 Å². The fraction of sp³-hybridized carbons (Fsp3) is 0.435. The Kier molecular flexibility index (Phi) is 8.20. The Morgan fingerprint density at radius 1 is 1.21 bits per heavy atom. The van der Waals surface area contributed by atoms with Gasteiger partial charge in [0.15, 0.2) is 16.3 Å². The zero-order valence-electron chi connectivity index (χ0n) is 21.6. The average Bonchev–Trinajstić information content (AvgIpc) is 3.37. The Balaban J connectivity index is 1.58. The summed E-state index contributed by atoms with van der Waals surface area (Å²) < 4.78 is 114. The smallest absolute Gasteiger partial charge is 0.408 e. The largest absolute Gasteiger partial charge is 0.488 e. The molecule has 230 valence electrons. The van der Waals surface area contributed by atoms with Crippen LogP contribution in [0.25, 0.3) is 0 Å². The highest BCUT2D eigenvalue weighted by Gasteiger charge is 2.50. The average molecular weight is 646 g/mol. The summed E-state index contributed by atoms with van der Waals surface area (Å²) in [5.74, 6) is -5.64. The minimum atomic E-state index is -4.80. The number of aromatic nitrogens is 1. The summed E-state index contributed by atoms with van der Waals surface area (Å²) in [7, 11) is -3.36. The van der Waals surface area contributed by atoms with Gasteiger partial charge in [-0.25, -0.2) is 21.6 Å². The number of halogens is 7. The highest BCUT2D eigenvalue weighted by Crippen LogP contribution is 2.41. The second-order valence-electron chi connectivity index (χ2n) is 9.74. The third-order valence-corrected chi connectivity index (χ3v) is 8.90. The molecule has 11 nitrogen and oxygen atoms in total. The number of likely N-dealkylation sites (tertiary alicyclic amines) is 1. The maximum Gasteiger partial charge on any atom is 0.408 e. The van der Waals surface area contributed by atoms with Gasteiger partial charge < -0.3 is 24.8 Å². The molecule has 2 atom stereocenters. The first-order valence-electron chi connectivity index (χ1n) is 12.0. The van der Waals surface area contributed by atoms with Crippen LogP contribution in [0.15, 0.2) is 23.1 Å². The van der Waals surface area contributed by atoms with E-state index in [1.807, 2.05) is 0 Å². The zero-order valence-corrected chi connectivity index (χ0v) is 23.2. The van der Waals surface area contributed by atoms with Crippen LogP contribution in [0.2, 0.25) is 5.15 Å². The predicted octanol–water partition coefficient (Wildman–Crippen LogP) is 2.72. The molecule has 3 heterocycles. The van der Waals surface area contributed by atoms with Crippen molar-refractivity contribution in [3.63, 3.8) is 0 Å². The molecule has 1 unspecified atom stereocenters. The van der Waals surface area contributed by atoms with Gasteiger partial charge in [-0.05, 0) is 31.5 Å². The van der Waals surface area contributed by atoms with Crippen LogP contribution >= 0.6 is 11.6 Å². The number of hydrogen-bond acceptors (Lipinski definition) is 6. The minimum Gasteiger partial charge on any atom is -0.488 e. The second kappa shape index (κ2) is 11.0. The van der Waals surface area contributed by atoms with E-state index < -0.39 is 98.0 Å². The molecule has 1 saturated heterocycles. The molecule has 1 spiro atoms. The van der Waals surface area contributed by atoms with Crippen LogP contribution in [-0.2, 0) is 26.7 Å². The van der Waals surface area contributed by atoms with Gasteiger partial charge in [0.25, 0.3) is 12.3 Å². The molecule has 3 N–H and O–H groups in total. The number of sulfonamides is 1. The Hall–Kier alpha value is -3.51. The highest BCUT2D eigenvalue weighted by atomic mass is 35.5. The lowest BCUT2D eigenvalue weighted by molar-refractivity contribution is -0.162. The number of benzene rings is 1. The summed E-state index contributed by atoms with van der Waals surface area (Å²) >= 11 is 6.25. The summed E-state index contributed by atoms with van der Waals surface area (Å²) in [6, 6.07) is 0.0996. The molecule has 0 saturated carbocycles. The summed E-state index contributed by atoms with van der Waals surface area (Å²) in [6.45, 7) is -0.558. The van der Waals surface area contributed by atoms with Crippen molar-refractivity contribution in [2.24, 2.45) is 7.05 Å². The summed E-state index contributed by atoms with van der Waals surface area (Å²) in [6.07, 6.45) is -8.11. The van der Waals surface area contributed by atoms with Crippen molar-refractivity contribution >= 4 is 45.0 Å². The minimum absolute atomic E-state index is 0.123. The molecule has 19 heteroatoms. The number of carbonyl (C=O) groups is 3. The van der Waals surface area contributed by atoms with E-state index in [1.165, 1.54) is 7.05 Å². The highest BCUT2D eigenvalue weighted by molar-refractivity contribution is 7.89. The van der Waals surface area contributed by atoms with Crippen molar-refractivity contribution in [3.05, 3.63) is 40.4 Å². The molecule has 42 heavy (non-hydrogen) atoms. The fourth-order valence-electron chi connectivity index (χ4n) is 4.51. The maximum atomic E-state index is 13.7. The lowest BCUT2D eigenvalue weighted by Gasteiger charge is -2.27. The van der Waals surface area contributed by atoms with Crippen LogP contribution in [-0.4, -0.2) is 73.1 Å². The number of nitrogens with zero attached hydrogens (tertiary/aromatic N) is 2. The number of rotatable bonds is 4. The number of anilines is 1. The van der Waals surface area contributed by atoms with Crippen LogP contribution in [0.1, 0.15) is 35.8 Å². The van der Waals surface area contributed by atoms with Gasteiger partial charge in [-0.1, -0.05) is 11.6 Å². The van der Waals surface area contributed by atoms with Gasteiger partial charge in [0, 0.05) is 25.8 Å². The number of alkyl halides is 5. The molecule has 0 aliphatic carbocycles. The van der Waals surface area contributed by atoms with E-state index in [0.717, 1.165) is 15.5 Å². The first-order valence-corrected chi connectivity index (χ1v) is 13.8. The fourth-order valence-corrected chi connectivity index (χ4v) is 6.64. The topological polar surface area (TPSA) is 139 Å². The number of carbonyl (C=O) groups excluding carboxylic acids is 3. The van der Waals surface area contributed by atoms with Gasteiger partial charge in [0.1, 0.15) is 23.6 Å². The Morgan fingerprint density at radius 2 is 1.88 bits per heavy atom. The number of ether oxygens (including phenoxy) is 1. The van der Waals surface area contributed by atoms with Crippen LogP contribution in [0.5, 0.6) is 5.75 Å². The Bertz CT molecular complexity index is 1570. The van der Waals surface area contributed by atoms with E-state index in [4.69, 9.17) is 16.3 Å². The van der Waals surface area contributed by atoms with Crippen LogP contribution in [0, 0.1) is 5.82 Å². The Labute approximate surface area is 239 Å². The summed E-state index contributed by atoms with van der Waals surface area (Å²) in [4.78, 5) is 38.0. The second-order valence-corrected chi connectivity index (χ2v) is 11.7. The van der Waals surface area contributed by atoms with Gasteiger partial charge in [-0.3, -0.25) is 14.4 Å². The van der Waals surface area contributed by atoms with Gasteiger partial charge in [-0.15, -0.1) is 0 Å². The Morgan fingerprint density at radius 3 is 2.50 bits per heavy atom. The van der Waals surface area contributed by atoms with Crippen molar-refractivity contribution in [2.45, 2.75) is 42.4 Å². The normalized spacial score (nSPS) is 20.6. The van der Waals surface area contributed by atoms with Gasteiger partial charge in [0.2, 0.25) is 10.0 Å². The van der Waals surface area contributed by atoms with E-state index in [0.29, 0.717) is 19.1 Å². The number of hydrogen-bond donors (Lipinski definition) is 3. The van der Waals surface area contributed by atoms with E-state index >= 15 is 0 Å². The van der Waals surface area contributed by atoms with Gasteiger partial charge in [-0.2, -0.15) is 17.9 Å². The molecular weight excluding hydrogens is 624 g/mol. The van der Waals surface area contributed by atoms with Crippen molar-refractivity contribution in [3.8, 4) is 5.75 Å². The standard InChI is InChI=1S/C23H22ClF6N5O6S/c1-10(23(28,29)30)31-20(37)21(38)35-6-5-22(8-35)9-41-15-14(34(2)17(24)16(15)42(39,40)33-22)19(36)32-11-3-4-13(25)12(7-11)18(26)27/h3-4,7,10,18,33H,5-6,8-9H2,1-2H3,(H,31,37)(H,32,36)/t10-,22?/m1/s1. The van der Waals surface area contributed by atoms with E-state index in [9.17, 15) is 49.1 Å². The van der Waals surface area contributed by atoms with Gasteiger partial charge >= 0.3 is 18.0 Å². The number of nitrogens with one attached hydrogen (secondary N) is 3. The molecule has 2 aliphatic heterocycles. The first kappa shape index (κ1) is 31.4. The first-order chi connectivity index (χ1) is 19.4. The van der Waals surface area contributed by atoms with Crippen LogP contribution in [0.4, 0.5) is 32.0 Å². The molecule has 2 aromatic rings. The van der Waals surface area contributed by atoms with Crippen molar-refractivity contribution in [1.29, 1.82) is 0 Å². The van der Waals surface area contributed by atoms with E-state index in [2.05, 4.69) is 10.0 Å². The lowest BCUT2D eigenvalue weighted by atomic mass is 10.0. The monoisotopic (exact) mass is 645 g/mol. The zero-order chi connectivity index (χ0) is 31.4. The maximum absolute atomic E-state index is 13.7. The number of amides is 3. The summed E-state index contributed by atoms with van der Waals surface area (Å²) in [5, 5.41) is 3.33. The van der Waals surface area contributed by atoms with Gasteiger partial charge in [0.05, 0.1) is 11.1 Å². The van der Waals surface area contributed by atoms with E-state index in [1.54, 1.807) is 5.32 Å². The van der Waals surface area contributed by atoms with Crippen LogP contribution in [0.3, 0.4) is 0 Å². The SMILES string of the molecule is C[C@@H](NC(=O)C(=O)N1CCC2(COc3c(c(Cl)n(C)c3C(=O)Nc3ccc(F)c(C(F)F)c3)S(=O)(=O)N2)C1)C(F)(F)F. The molecule has 1 fully saturated rings. The predicted molar refractivity (Wildman–Crippen MR) is 133 cm³/mol. The molecule has 4 rings (SSSR count). The van der Waals surface area contributed by atoms with E-state index in [-0.39, 0.29) is 18.7 Å². The molecular formula is C23H22ClF6N5O6S. The molecule has 0 bridgehead atoms. The molecule has 1 aromatic heterocycles. The van der Waals surface area contributed by atoms with Crippen molar-refractivity contribution in [2.75, 3.05) is 25.0 Å². The third-order valence-electron chi connectivity index (χ3n) is 6.73. The molecule has 0 radical (unpaired) electrons. The number of fused-ring (bicyclic) bond motifs is 1. The van der Waals surface area contributed by atoms with Crippen molar-refractivity contribution in [1.82, 2.24) is 19.5 Å². The molecule has 3 amide bonds. The van der Waals surface area contributed by atoms with Crippen LogP contribution < -0.4 is 20.1 Å². The lowest BCUT2D eigenvalue weighted by Crippen LogP contribution is -2.55. The summed E-state index contributed by atoms with van der Waals surface area (Å²) in [5.41, 5.74) is -3.22. The molecule has 2 aliphatic rings. The third kappa shape index (κ3) is 5.87. The molecule has 1 aromatic carbocycles.